The highest BCUT2D eigenvalue weighted by atomic mass is 32.1. The molecule has 0 aliphatic rings. The quantitative estimate of drug-likeness (QED) is 0.806. The van der Waals surface area contributed by atoms with Crippen LogP contribution in [-0.4, -0.2) is 17.1 Å². The van der Waals surface area contributed by atoms with E-state index < -0.39 is 5.97 Å². The molecule has 1 aromatic carbocycles. The lowest BCUT2D eigenvalue weighted by molar-refractivity contribution is 0.0530. The van der Waals surface area contributed by atoms with Crippen molar-refractivity contribution in [1.29, 1.82) is 0 Å². The van der Waals surface area contributed by atoms with Crippen LogP contribution in [0.15, 0.2) is 35.1 Å². The Balaban J connectivity index is 2.32. The van der Waals surface area contributed by atoms with Crippen LogP contribution in [0.4, 0.5) is 0 Å². The molecule has 0 unspecified atom stereocenters. The molecule has 0 N–H and O–H groups in total. The van der Waals surface area contributed by atoms with Gasteiger partial charge in [0, 0.05) is 5.69 Å². The van der Waals surface area contributed by atoms with Gasteiger partial charge in [-0.25, -0.2) is 4.79 Å². The lowest BCUT2D eigenvalue weighted by Gasteiger charge is -2.05. The van der Waals surface area contributed by atoms with E-state index in [1.807, 2.05) is 30.3 Å². The maximum atomic E-state index is 11.9. The zero-order valence-corrected chi connectivity index (χ0v) is 11.7. The van der Waals surface area contributed by atoms with E-state index in [2.05, 4.69) is 0 Å². The molecule has 0 aliphatic heterocycles. The minimum Gasteiger partial charge on any atom is -0.462 e. The number of esters is 1. The number of carbonyl (C=O) groups excluding carboxylic acids is 1. The Morgan fingerprint density at radius 3 is 2.63 bits per heavy atom. The van der Waals surface area contributed by atoms with E-state index in [1.165, 1.54) is 0 Å². The van der Waals surface area contributed by atoms with E-state index in [0.29, 0.717) is 23.7 Å². The van der Waals surface area contributed by atoms with Crippen molar-refractivity contribution in [1.82, 2.24) is 4.57 Å². The Hall–Kier alpha value is -1.88. The minimum absolute atomic E-state index is 0.135. The third-order valence-corrected chi connectivity index (χ3v) is 3.85. The van der Waals surface area contributed by atoms with Crippen LogP contribution in [0, 0.1) is 6.92 Å². The van der Waals surface area contributed by atoms with Crippen molar-refractivity contribution < 1.29 is 9.53 Å². The molecule has 4 nitrogen and oxygen atoms in total. The van der Waals surface area contributed by atoms with E-state index in [4.69, 9.17) is 4.74 Å². The molecular formula is C14H15NO3S. The van der Waals surface area contributed by atoms with Gasteiger partial charge in [-0.2, -0.15) is 0 Å². The van der Waals surface area contributed by atoms with Gasteiger partial charge < -0.3 is 4.74 Å². The highest BCUT2D eigenvalue weighted by Gasteiger charge is 2.18. The van der Waals surface area contributed by atoms with Gasteiger partial charge in [-0.05, 0) is 19.4 Å². The molecule has 0 saturated carbocycles. The molecule has 0 bridgehead atoms. The zero-order chi connectivity index (χ0) is 13.8. The zero-order valence-electron chi connectivity index (χ0n) is 10.9. The molecule has 2 aromatic rings. The second-order valence-electron chi connectivity index (χ2n) is 4.07. The van der Waals surface area contributed by atoms with Gasteiger partial charge in [-0.3, -0.25) is 9.36 Å². The van der Waals surface area contributed by atoms with E-state index >= 15 is 0 Å². The van der Waals surface area contributed by atoms with Crippen molar-refractivity contribution in [2.24, 2.45) is 0 Å². The number of hydrogen-bond acceptors (Lipinski definition) is 4. The SMILES string of the molecule is CCOC(=O)c1sc(=O)n(Cc2ccccc2)c1C. The topological polar surface area (TPSA) is 48.3 Å². The summed E-state index contributed by atoms with van der Waals surface area (Å²) in [7, 11) is 0. The van der Waals surface area contributed by atoms with E-state index in [9.17, 15) is 9.59 Å². The predicted molar refractivity (Wildman–Crippen MR) is 74.8 cm³/mol. The number of rotatable bonds is 4. The molecule has 0 fully saturated rings. The fraction of sp³-hybridized carbons (Fsp3) is 0.286. The van der Waals surface area contributed by atoms with Crippen molar-refractivity contribution in [2.75, 3.05) is 6.61 Å². The van der Waals surface area contributed by atoms with Crippen LogP contribution in [0.5, 0.6) is 0 Å². The number of thiazole rings is 1. The molecule has 100 valence electrons. The fourth-order valence-corrected chi connectivity index (χ4v) is 2.70. The number of benzene rings is 1. The van der Waals surface area contributed by atoms with Crippen molar-refractivity contribution in [2.45, 2.75) is 20.4 Å². The van der Waals surface area contributed by atoms with E-state index in [0.717, 1.165) is 16.9 Å². The average molecular weight is 277 g/mol. The second-order valence-corrected chi connectivity index (χ2v) is 5.04. The first-order valence-corrected chi connectivity index (χ1v) is 6.86. The first-order chi connectivity index (χ1) is 9.13. The molecule has 5 heteroatoms. The Labute approximate surface area is 115 Å². The lowest BCUT2D eigenvalue weighted by Crippen LogP contribution is -2.15. The van der Waals surface area contributed by atoms with Crippen molar-refractivity contribution in [3.8, 4) is 0 Å². The van der Waals surface area contributed by atoms with E-state index in [-0.39, 0.29) is 4.87 Å². The van der Waals surface area contributed by atoms with Crippen LogP contribution in [0.3, 0.4) is 0 Å². The Morgan fingerprint density at radius 2 is 2.00 bits per heavy atom. The Morgan fingerprint density at radius 1 is 1.32 bits per heavy atom. The normalized spacial score (nSPS) is 10.4. The van der Waals surface area contributed by atoms with E-state index in [1.54, 1.807) is 18.4 Å². The minimum atomic E-state index is -0.422. The first-order valence-electron chi connectivity index (χ1n) is 6.04. The second kappa shape index (κ2) is 5.84. The van der Waals surface area contributed by atoms with Crippen molar-refractivity contribution in [3.63, 3.8) is 0 Å². The number of nitrogens with zero attached hydrogens (tertiary/aromatic N) is 1. The maximum Gasteiger partial charge on any atom is 0.350 e. The van der Waals surface area contributed by atoms with Crippen LogP contribution in [0.1, 0.15) is 27.9 Å². The highest BCUT2D eigenvalue weighted by molar-refractivity contribution is 7.11. The van der Waals surface area contributed by atoms with Crippen LogP contribution < -0.4 is 4.87 Å². The summed E-state index contributed by atoms with van der Waals surface area (Å²) in [6.07, 6.45) is 0. The summed E-state index contributed by atoms with van der Waals surface area (Å²) in [6.45, 7) is 4.30. The van der Waals surface area contributed by atoms with Gasteiger partial charge >= 0.3 is 10.8 Å². The number of aromatic nitrogens is 1. The van der Waals surface area contributed by atoms with Gasteiger partial charge in [0.1, 0.15) is 4.88 Å². The molecule has 0 radical (unpaired) electrons. The van der Waals surface area contributed by atoms with Gasteiger partial charge in [0.2, 0.25) is 0 Å². The summed E-state index contributed by atoms with van der Waals surface area (Å²) in [5.74, 6) is -0.422. The molecule has 2 rings (SSSR count). The number of ether oxygens (including phenoxy) is 1. The maximum absolute atomic E-state index is 11.9. The van der Waals surface area contributed by atoms with Gasteiger partial charge in [0.05, 0.1) is 13.2 Å². The molecular weight excluding hydrogens is 262 g/mol. The summed E-state index contributed by atoms with van der Waals surface area (Å²) in [6, 6.07) is 9.68. The Kier molecular flexibility index (Phi) is 4.16. The molecule has 0 saturated heterocycles. The molecule has 0 aliphatic carbocycles. The molecule has 1 aromatic heterocycles. The summed E-state index contributed by atoms with van der Waals surface area (Å²) >= 11 is 0.941. The van der Waals surface area contributed by atoms with Crippen LogP contribution >= 0.6 is 11.3 Å². The van der Waals surface area contributed by atoms with Crippen molar-refractivity contribution in [3.05, 3.63) is 56.1 Å². The van der Waals surface area contributed by atoms with Crippen LogP contribution in [-0.2, 0) is 11.3 Å². The summed E-state index contributed by atoms with van der Waals surface area (Å²) in [4.78, 5) is 23.9. The Bertz CT molecular complexity index is 628. The lowest BCUT2D eigenvalue weighted by atomic mass is 10.2. The van der Waals surface area contributed by atoms with Gasteiger partial charge in [-0.15, -0.1) is 0 Å². The average Bonchev–Trinajstić information content (AvgIpc) is 2.68. The van der Waals surface area contributed by atoms with Gasteiger partial charge in [0.15, 0.2) is 0 Å². The summed E-state index contributed by atoms with van der Waals surface area (Å²) in [5, 5.41) is 0. The third-order valence-electron chi connectivity index (χ3n) is 2.79. The van der Waals surface area contributed by atoms with Crippen LogP contribution in [0.2, 0.25) is 0 Å². The highest BCUT2D eigenvalue weighted by Crippen LogP contribution is 2.14. The third kappa shape index (κ3) is 2.93. The number of hydrogen-bond donors (Lipinski definition) is 0. The molecule has 0 atom stereocenters. The molecule has 19 heavy (non-hydrogen) atoms. The van der Waals surface area contributed by atoms with Gasteiger partial charge in [-0.1, -0.05) is 41.7 Å². The van der Waals surface area contributed by atoms with Crippen LogP contribution in [0.25, 0.3) is 0 Å². The summed E-state index contributed by atoms with van der Waals surface area (Å²) in [5.41, 5.74) is 1.69. The summed E-state index contributed by atoms with van der Waals surface area (Å²) < 4.78 is 6.55. The molecule has 0 spiro atoms. The van der Waals surface area contributed by atoms with Crippen molar-refractivity contribution >= 4 is 17.3 Å². The number of carbonyl (C=O) groups is 1. The van der Waals surface area contributed by atoms with Gasteiger partial charge in [0.25, 0.3) is 0 Å². The largest absolute Gasteiger partial charge is 0.462 e. The standard InChI is InChI=1S/C14H15NO3S/c1-3-18-13(16)12-10(2)15(14(17)19-12)9-11-7-5-4-6-8-11/h4-8H,3,9H2,1-2H3. The fourth-order valence-electron chi connectivity index (χ4n) is 1.81. The first kappa shape index (κ1) is 13.5. The monoisotopic (exact) mass is 277 g/mol. The molecule has 0 amide bonds. The smallest absolute Gasteiger partial charge is 0.350 e. The molecule has 1 heterocycles. The predicted octanol–water partition coefficient (Wildman–Crippen LogP) is 2.44.